The normalized spacial score (nSPS) is 21.5. The van der Waals surface area contributed by atoms with Gasteiger partial charge in [0, 0.05) is 28.3 Å². The zero-order valence-corrected chi connectivity index (χ0v) is 18.0. The number of hydrogen-bond acceptors (Lipinski definition) is 8. The van der Waals surface area contributed by atoms with Gasteiger partial charge >= 0.3 is 0 Å². The Morgan fingerprint density at radius 3 is 2.40 bits per heavy atom. The van der Waals surface area contributed by atoms with E-state index in [0.29, 0.717) is 27.9 Å². The third-order valence-electron chi connectivity index (χ3n) is 4.86. The molecule has 0 radical (unpaired) electrons. The molecule has 0 bridgehead atoms. The van der Waals surface area contributed by atoms with Crippen LogP contribution in [-0.4, -0.2) is 56.5 Å². The number of amidine groups is 1. The van der Waals surface area contributed by atoms with Crippen molar-refractivity contribution < 1.29 is 22.7 Å². The molecule has 0 saturated carbocycles. The summed E-state index contributed by atoms with van der Waals surface area (Å²) in [6.45, 7) is 0. The second-order valence-corrected chi connectivity index (χ2v) is 10.3. The van der Waals surface area contributed by atoms with Crippen LogP contribution in [0.5, 0.6) is 11.5 Å². The third kappa shape index (κ3) is 4.39. The molecule has 2 N–H and O–H groups in total. The fourth-order valence-corrected chi connectivity index (χ4v) is 7.04. The van der Waals surface area contributed by atoms with Crippen LogP contribution in [0, 0.1) is 0 Å². The molecule has 1 saturated heterocycles. The Hall–Kier alpha value is -2.72. The number of carbonyl (C=O) groups excluding carboxylic acids is 1. The van der Waals surface area contributed by atoms with Crippen LogP contribution in [0.25, 0.3) is 0 Å². The summed E-state index contributed by atoms with van der Waals surface area (Å²) in [6, 6.07) is 12.0. The van der Waals surface area contributed by atoms with Crippen molar-refractivity contribution in [3.8, 4) is 11.5 Å². The van der Waals surface area contributed by atoms with Crippen molar-refractivity contribution in [2.75, 3.05) is 36.4 Å². The number of ether oxygens (including phenoxy) is 2. The van der Waals surface area contributed by atoms with Crippen molar-refractivity contribution in [2.45, 2.75) is 11.3 Å². The van der Waals surface area contributed by atoms with Crippen LogP contribution in [0.4, 0.5) is 11.4 Å². The van der Waals surface area contributed by atoms with E-state index < -0.39 is 9.84 Å². The molecule has 4 rings (SSSR count). The Labute approximate surface area is 179 Å². The number of sulfone groups is 1. The highest BCUT2D eigenvalue weighted by Crippen LogP contribution is 2.34. The van der Waals surface area contributed by atoms with Gasteiger partial charge in [-0.2, -0.15) is 0 Å². The fourth-order valence-electron chi connectivity index (χ4n) is 3.36. The molecule has 158 valence electrons. The maximum atomic E-state index is 12.5. The molecule has 2 atom stereocenters. The van der Waals surface area contributed by atoms with Crippen LogP contribution < -0.4 is 20.1 Å². The number of aliphatic imine (C=N–C) groups is 1. The van der Waals surface area contributed by atoms with E-state index in [2.05, 4.69) is 15.6 Å². The Balaban J connectivity index is 1.38. The molecular formula is C20H21N3O5S2. The van der Waals surface area contributed by atoms with E-state index in [1.54, 1.807) is 49.6 Å². The number of methoxy groups -OCH3 is 2. The summed E-state index contributed by atoms with van der Waals surface area (Å²) < 4.78 is 33.8. The van der Waals surface area contributed by atoms with Gasteiger partial charge in [0.1, 0.15) is 0 Å². The predicted molar refractivity (Wildman–Crippen MR) is 119 cm³/mol. The van der Waals surface area contributed by atoms with E-state index in [4.69, 9.17) is 9.47 Å². The average molecular weight is 448 g/mol. The van der Waals surface area contributed by atoms with Gasteiger partial charge in [-0.1, -0.05) is 11.8 Å². The summed E-state index contributed by atoms with van der Waals surface area (Å²) in [7, 11) is 0.121. The quantitative estimate of drug-likeness (QED) is 0.726. The number of nitrogens with one attached hydrogen (secondary N) is 2. The lowest BCUT2D eigenvalue weighted by atomic mass is 10.2. The number of benzene rings is 2. The van der Waals surface area contributed by atoms with Gasteiger partial charge in [-0.25, -0.2) is 8.42 Å². The molecule has 2 aliphatic rings. The standard InChI is InChI=1S/C20H21N3O5S2/c1-27-16-8-7-14(9-17(16)28-2)21-19(24)12-3-5-13(6-4-12)22-20-23-15-10-30(25,26)11-18(15)29-20/h3-9,15,18H,10-11H2,1-2H3,(H,21,24)(H,22,23)/t15-,18+/m0/s1. The summed E-state index contributed by atoms with van der Waals surface area (Å²) in [5.41, 5.74) is 1.88. The molecule has 0 spiro atoms. The molecule has 2 aromatic rings. The summed E-state index contributed by atoms with van der Waals surface area (Å²) in [5.74, 6) is 1.15. The van der Waals surface area contributed by atoms with Crippen LogP contribution in [0.2, 0.25) is 0 Å². The van der Waals surface area contributed by atoms with E-state index in [-0.39, 0.29) is 28.7 Å². The number of thioether (sulfide) groups is 1. The minimum atomic E-state index is -2.97. The van der Waals surface area contributed by atoms with Crippen LogP contribution in [0.3, 0.4) is 0 Å². The first kappa shape index (κ1) is 20.5. The van der Waals surface area contributed by atoms with Crippen molar-refractivity contribution in [1.82, 2.24) is 0 Å². The number of amides is 1. The highest BCUT2D eigenvalue weighted by atomic mass is 32.2. The molecule has 8 nitrogen and oxygen atoms in total. The second-order valence-electron chi connectivity index (χ2n) is 6.96. The van der Waals surface area contributed by atoms with Crippen molar-refractivity contribution >= 4 is 44.0 Å². The van der Waals surface area contributed by atoms with Crippen LogP contribution in [0.15, 0.2) is 47.5 Å². The molecule has 0 unspecified atom stereocenters. The van der Waals surface area contributed by atoms with Gasteiger partial charge in [0.2, 0.25) is 0 Å². The number of fused-ring (bicyclic) bond motifs is 1. The highest BCUT2D eigenvalue weighted by molar-refractivity contribution is 8.15. The topological polar surface area (TPSA) is 106 Å². The fraction of sp³-hybridized carbons (Fsp3) is 0.300. The van der Waals surface area contributed by atoms with Gasteiger partial charge in [0.05, 0.1) is 31.8 Å². The highest BCUT2D eigenvalue weighted by Gasteiger charge is 2.42. The summed E-state index contributed by atoms with van der Waals surface area (Å²) in [4.78, 5) is 17.0. The molecule has 2 heterocycles. The number of carbonyl (C=O) groups is 1. The van der Waals surface area contributed by atoms with Gasteiger partial charge in [-0.15, -0.1) is 0 Å². The number of nitrogens with zero attached hydrogens (tertiary/aromatic N) is 1. The first-order chi connectivity index (χ1) is 14.4. The Kier molecular flexibility index (Phi) is 5.61. The van der Waals surface area contributed by atoms with Crippen LogP contribution in [0.1, 0.15) is 10.4 Å². The molecule has 1 amide bonds. The van der Waals surface area contributed by atoms with E-state index >= 15 is 0 Å². The smallest absolute Gasteiger partial charge is 0.255 e. The predicted octanol–water partition coefficient (Wildman–Crippen LogP) is 2.64. The minimum Gasteiger partial charge on any atom is -0.493 e. The summed E-state index contributed by atoms with van der Waals surface area (Å²) >= 11 is 1.46. The Morgan fingerprint density at radius 1 is 1.03 bits per heavy atom. The van der Waals surface area contributed by atoms with Crippen molar-refractivity contribution in [1.29, 1.82) is 0 Å². The van der Waals surface area contributed by atoms with E-state index in [9.17, 15) is 13.2 Å². The van der Waals surface area contributed by atoms with Crippen LogP contribution >= 0.6 is 11.8 Å². The third-order valence-corrected chi connectivity index (χ3v) is 8.00. The number of hydrogen-bond donors (Lipinski definition) is 2. The first-order valence-corrected chi connectivity index (χ1v) is 11.9. The lowest BCUT2D eigenvalue weighted by molar-refractivity contribution is 0.102. The SMILES string of the molecule is COc1ccc(NC(=O)c2ccc(NC3=N[C@H]4CS(=O)(=O)C[C@H]4S3)cc2)cc1OC. The van der Waals surface area contributed by atoms with Gasteiger partial charge in [0.25, 0.3) is 5.91 Å². The molecule has 10 heteroatoms. The lowest BCUT2D eigenvalue weighted by Crippen LogP contribution is -2.13. The maximum Gasteiger partial charge on any atom is 0.255 e. The molecular weight excluding hydrogens is 426 g/mol. The first-order valence-electron chi connectivity index (χ1n) is 9.22. The zero-order chi connectivity index (χ0) is 21.3. The van der Waals surface area contributed by atoms with Crippen LogP contribution in [-0.2, 0) is 9.84 Å². The van der Waals surface area contributed by atoms with Gasteiger partial charge < -0.3 is 20.1 Å². The van der Waals surface area contributed by atoms with Gasteiger partial charge in [-0.05, 0) is 36.4 Å². The molecule has 0 aliphatic carbocycles. The minimum absolute atomic E-state index is 0.0101. The molecule has 0 aromatic heterocycles. The van der Waals surface area contributed by atoms with Crippen molar-refractivity contribution in [2.24, 2.45) is 4.99 Å². The van der Waals surface area contributed by atoms with Crippen molar-refractivity contribution in [3.63, 3.8) is 0 Å². The van der Waals surface area contributed by atoms with Gasteiger partial charge in [-0.3, -0.25) is 9.79 Å². The lowest BCUT2D eigenvalue weighted by Gasteiger charge is -2.11. The van der Waals surface area contributed by atoms with E-state index in [0.717, 1.165) is 5.69 Å². The number of anilines is 2. The monoisotopic (exact) mass is 447 g/mol. The van der Waals surface area contributed by atoms with E-state index in [1.807, 2.05) is 0 Å². The average Bonchev–Trinajstić information content (AvgIpc) is 3.20. The summed E-state index contributed by atoms with van der Waals surface area (Å²) in [6.07, 6.45) is 0. The Bertz CT molecular complexity index is 1100. The number of rotatable bonds is 5. The second kappa shape index (κ2) is 8.19. The largest absolute Gasteiger partial charge is 0.493 e. The van der Waals surface area contributed by atoms with Crippen molar-refractivity contribution in [3.05, 3.63) is 48.0 Å². The maximum absolute atomic E-state index is 12.5. The van der Waals surface area contributed by atoms with Gasteiger partial charge in [0.15, 0.2) is 26.5 Å². The zero-order valence-electron chi connectivity index (χ0n) is 16.4. The molecule has 2 aliphatic heterocycles. The Morgan fingerprint density at radius 2 is 1.73 bits per heavy atom. The summed E-state index contributed by atoms with van der Waals surface area (Å²) in [5, 5.41) is 6.73. The molecule has 2 aromatic carbocycles. The van der Waals surface area contributed by atoms with E-state index in [1.165, 1.54) is 18.9 Å². The molecule has 30 heavy (non-hydrogen) atoms. The molecule has 1 fully saturated rings.